The summed E-state index contributed by atoms with van der Waals surface area (Å²) in [4.78, 5) is 0. The molecule has 0 fully saturated rings. The van der Waals surface area contributed by atoms with Crippen LogP contribution in [-0.2, 0) is 0 Å². The summed E-state index contributed by atoms with van der Waals surface area (Å²) in [6, 6.07) is 0. The van der Waals surface area contributed by atoms with Crippen LogP contribution < -0.4 is 0 Å². The number of halogens is 2. The van der Waals surface area contributed by atoms with Crippen molar-refractivity contribution in [1.82, 2.24) is 0 Å². The predicted octanol–water partition coefficient (Wildman–Crippen LogP) is 3.53. The second kappa shape index (κ2) is 5.64. The molecular weight excluding hydrogens is 340 g/mol. The Bertz CT molecular complexity index is 138. The van der Waals surface area contributed by atoms with E-state index < -0.39 is 0 Å². The van der Waals surface area contributed by atoms with Crippen LogP contribution in [-0.4, -0.2) is 5.71 Å². The molecule has 0 rings (SSSR count). The molecule has 0 amide bonds. The number of rotatable bonds is 2. The van der Waals surface area contributed by atoms with E-state index in [-0.39, 0.29) is 0 Å². The van der Waals surface area contributed by atoms with Crippen LogP contribution in [0.3, 0.4) is 0 Å². The Morgan fingerprint density at radius 2 is 2.22 bits per heavy atom. The van der Waals surface area contributed by atoms with E-state index in [0.29, 0.717) is 0 Å². The van der Waals surface area contributed by atoms with Gasteiger partial charge in [-0.2, -0.15) is 0 Å². The number of allylic oxidation sites excluding steroid dienone is 1. The van der Waals surface area contributed by atoms with Crippen LogP contribution >= 0.6 is 45.5 Å². The monoisotopic (exact) mass is 349 g/mol. The highest BCUT2D eigenvalue weighted by Crippen LogP contribution is 2.06. The number of hydrogen-bond acceptors (Lipinski definition) is 1. The summed E-state index contributed by atoms with van der Waals surface area (Å²) in [7, 11) is 0. The molecule has 0 aromatic rings. The van der Waals surface area contributed by atoms with Gasteiger partial charge in [-0.05, 0) is 23.0 Å². The number of nitrogens with zero attached hydrogens (tertiary/aromatic N) is 1. The van der Waals surface area contributed by atoms with E-state index >= 15 is 0 Å². The van der Waals surface area contributed by atoms with Gasteiger partial charge >= 0.3 is 0 Å². The summed E-state index contributed by atoms with van der Waals surface area (Å²) in [6.45, 7) is 4.19. The lowest BCUT2D eigenvalue weighted by Gasteiger charge is -1.97. The zero-order valence-corrected chi connectivity index (χ0v) is 9.80. The Labute approximate surface area is 83.6 Å². The van der Waals surface area contributed by atoms with Gasteiger partial charge in [0.05, 0.1) is 28.6 Å². The number of hydrogen-bond donors (Lipinski definition) is 0. The van der Waals surface area contributed by atoms with Crippen molar-refractivity contribution in [2.45, 2.75) is 20.3 Å². The lowest BCUT2D eigenvalue weighted by atomic mass is 10.2. The molecule has 9 heavy (non-hydrogen) atoms. The van der Waals surface area contributed by atoms with Crippen molar-refractivity contribution in [3.8, 4) is 0 Å². The SMILES string of the molecule is CCC(=NI)/C(C)=C/I. The third-order valence-electron chi connectivity index (χ3n) is 1.06. The Balaban J connectivity index is 4.14. The van der Waals surface area contributed by atoms with Gasteiger partial charge in [0.15, 0.2) is 0 Å². The molecule has 0 bridgehead atoms. The van der Waals surface area contributed by atoms with Crippen molar-refractivity contribution in [2.24, 2.45) is 3.21 Å². The highest BCUT2D eigenvalue weighted by molar-refractivity contribution is 14.1. The molecule has 0 aromatic carbocycles. The Kier molecular flexibility index (Phi) is 6.18. The van der Waals surface area contributed by atoms with E-state index in [9.17, 15) is 0 Å². The molecule has 0 spiro atoms. The quantitative estimate of drug-likeness (QED) is 0.535. The maximum atomic E-state index is 4.09. The minimum Gasteiger partial charge on any atom is -0.219 e. The minimum atomic E-state index is 1.02. The molecule has 0 aliphatic carbocycles. The van der Waals surface area contributed by atoms with E-state index in [4.69, 9.17) is 0 Å². The van der Waals surface area contributed by atoms with Crippen molar-refractivity contribution in [2.75, 3.05) is 0 Å². The fourth-order valence-electron chi connectivity index (χ4n) is 0.468. The van der Waals surface area contributed by atoms with Crippen LogP contribution in [0.25, 0.3) is 0 Å². The van der Waals surface area contributed by atoms with Crippen molar-refractivity contribution in [1.29, 1.82) is 0 Å². The molecule has 1 nitrogen and oxygen atoms in total. The summed E-state index contributed by atoms with van der Waals surface area (Å²) in [6.07, 6.45) is 1.02. The molecule has 0 saturated carbocycles. The van der Waals surface area contributed by atoms with Crippen LogP contribution in [0.15, 0.2) is 12.9 Å². The molecule has 0 unspecified atom stereocenters. The van der Waals surface area contributed by atoms with E-state index in [1.807, 2.05) is 22.9 Å². The Hall–Kier alpha value is 0.870. The summed E-state index contributed by atoms with van der Waals surface area (Å²) < 4.78 is 6.15. The first-order chi connectivity index (χ1) is 4.26. The van der Waals surface area contributed by atoms with Gasteiger partial charge in [0.2, 0.25) is 0 Å². The Morgan fingerprint density at radius 3 is 2.33 bits per heavy atom. The average Bonchev–Trinajstić information content (AvgIpc) is 1.90. The van der Waals surface area contributed by atoms with Crippen molar-refractivity contribution >= 4 is 51.2 Å². The lowest BCUT2D eigenvalue weighted by molar-refractivity contribution is 1.28. The summed E-state index contributed by atoms with van der Waals surface area (Å²) in [5.41, 5.74) is 2.46. The second-order valence-electron chi connectivity index (χ2n) is 1.68. The highest BCUT2D eigenvalue weighted by Gasteiger charge is 1.95. The highest BCUT2D eigenvalue weighted by atomic mass is 127. The fraction of sp³-hybridized carbons (Fsp3) is 0.500. The maximum Gasteiger partial charge on any atom is 0.0834 e. The Morgan fingerprint density at radius 1 is 1.67 bits per heavy atom. The van der Waals surface area contributed by atoms with Crippen molar-refractivity contribution in [3.05, 3.63) is 9.66 Å². The molecule has 0 aliphatic rings. The van der Waals surface area contributed by atoms with E-state index in [2.05, 4.69) is 43.7 Å². The lowest BCUT2D eigenvalue weighted by Crippen LogP contribution is -1.94. The first kappa shape index (κ1) is 9.87. The van der Waals surface area contributed by atoms with Crippen LogP contribution in [0.5, 0.6) is 0 Å². The summed E-state index contributed by atoms with van der Waals surface area (Å²) in [5.74, 6) is 0. The second-order valence-corrected chi connectivity index (χ2v) is 2.78. The summed E-state index contributed by atoms with van der Waals surface area (Å²) >= 11 is 4.26. The molecule has 52 valence electrons. The van der Waals surface area contributed by atoms with Gasteiger partial charge in [-0.1, -0.05) is 29.5 Å². The van der Waals surface area contributed by atoms with E-state index in [0.717, 1.165) is 6.42 Å². The molecule has 0 atom stereocenters. The van der Waals surface area contributed by atoms with Gasteiger partial charge in [-0.15, -0.1) is 0 Å². The molecule has 0 radical (unpaired) electrons. The third-order valence-corrected chi connectivity index (χ3v) is 2.57. The first-order valence-corrected chi connectivity index (χ1v) is 4.92. The molecule has 0 heterocycles. The zero-order chi connectivity index (χ0) is 7.28. The minimum absolute atomic E-state index is 1.02. The predicted molar refractivity (Wildman–Crippen MR) is 59.5 cm³/mol. The largest absolute Gasteiger partial charge is 0.219 e. The molecule has 0 aliphatic heterocycles. The normalized spacial score (nSPS) is 14.2. The van der Waals surface area contributed by atoms with Gasteiger partial charge in [0.25, 0.3) is 0 Å². The van der Waals surface area contributed by atoms with Gasteiger partial charge in [-0.3, -0.25) is 0 Å². The molecule has 3 heteroatoms. The standard InChI is InChI=1S/C6H9I2N/c1-3-6(9-8)5(2)4-7/h4H,3H2,1-2H3/b5-4+,9-6?. The zero-order valence-electron chi connectivity index (χ0n) is 5.49. The summed E-state index contributed by atoms with van der Waals surface area (Å²) in [5, 5.41) is 0. The molecule has 0 aromatic heterocycles. The molecular formula is C6H9I2N. The van der Waals surface area contributed by atoms with E-state index in [1.54, 1.807) is 0 Å². The van der Waals surface area contributed by atoms with Crippen LogP contribution in [0.1, 0.15) is 20.3 Å². The molecule has 0 N–H and O–H groups in total. The van der Waals surface area contributed by atoms with E-state index in [1.165, 1.54) is 11.3 Å². The van der Waals surface area contributed by atoms with Crippen molar-refractivity contribution < 1.29 is 0 Å². The smallest absolute Gasteiger partial charge is 0.0834 e. The molecule has 0 saturated heterocycles. The first-order valence-electron chi connectivity index (χ1n) is 2.71. The fourth-order valence-corrected chi connectivity index (χ4v) is 1.55. The third kappa shape index (κ3) is 3.54. The van der Waals surface area contributed by atoms with Gasteiger partial charge < -0.3 is 0 Å². The van der Waals surface area contributed by atoms with Crippen molar-refractivity contribution in [3.63, 3.8) is 0 Å². The van der Waals surface area contributed by atoms with Gasteiger partial charge in [-0.25, -0.2) is 3.21 Å². The van der Waals surface area contributed by atoms with Gasteiger partial charge in [0.1, 0.15) is 0 Å². The van der Waals surface area contributed by atoms with Crippen LogP contribution in [0.4, 0.5) is 0 Å². The van der Waals surface area contributed by atoms with Crippen LogP contribution in [0, 0.1) is 0 Å². The van der Waals surface area contributed by atoms with Crippen LogP contribution in [0.2, 0.25) is 0 Å². The average molecular weight is 349 g/mol. The van der Waals surface area contributed by atoms with Gasteiger partial charge in [0, 0.05) is 0 Å². The topological polar surface area (TPSA) is 12.4 Å². The maximum absolute atomic E-state index is 4.09.